The van der Waals surface area contributed by atoms with Crippen molar-refractivity contribution < 1.29 is 28.6 Å². The number of esters is 2. The molecule has 0 aliphatic carbocycles. The number of nitrogens with one attached hydrogen (secondary N) is 2. The van der Waals surface area contributed by atoms with E-state index in [1.54, 1.807) is 38.3 Å². The number of aryl methyl sites for hydroxylation is 1. The highest BCUT2D eigenvalue weighted by Crippen LogP contribution is 2.29. The van der Waals surface area contributed by atoms with Crippen molar-refractivity contribution in [2.45, 2.75) is 25.8 Å². The van der Waals surface area contributed by atoms with Gasteiger partial charge in [0.15, 0.2) is 0 Å². The molecule has 1 unspecified atom stereocenters. The Hall–Kier alpha value is -3.81. The highest BCUT2D eigenvalue weighted by Gasteiger charge is 2.34. The standard InChI is InChI=1S/C24H26N2O6/c1-3-31-23(28)21-19(15-32-20(27)14-9-16-7-5-4-6-8-16)25-24(29)26-22(21)17-10-12-18(30-2)13-11-17/h4-8,10-13,22H,3,9,14-15H2,1-2H3,(H2,25,26,29). The molecule has 1 heterocycles. The minimum absolute atomic E-state index is 0.162. The quantitative estimate of drug-likeness (QED) is 0.584. The number of benzene rings is 2. The number of carbonyl (C=O) groups excluding carboxylic acids is 3. The zero-order valence-corrected chi connectivity index (χ0v) is 18.1. The molecule has 1 aliphatic rings. The van der Waals surface area contributed by atoms with E-state index >= 15 is 0 Å². The van der Waals surface area contributed by atoms with Crippen LogP contribution in [0.5, 0.6) is 5.75 Å². The van der Waals surface area contributed by atoms with E-state index in [1.807, 2.05) is 30.3 Å². The Morgan fingerprint density at radius 1 is 1.00 bits per heavy atom. The monoisotopic (exact) mass is 438 g/mol. The average Bonchev–Trinajstić information content (AvgIpc) is 2.81. The van der Waals surface area contributed by atoms with Crippen LogP contribution >= 0.6 is 0 Å². The van der Waals surface area contributed by atoms with Crippen LogP contribution in [0.2, 0.25) is 0 Å². The molecule has 0 bridgehead atoms. The smallest absolute Gasteiger partial charge is 0.338 e. The maximum atomic E-state index is 12.7. The van der Waals surface area contributed by atoms with Crippen LogP contribution in [0, 0.1) is 0 Å². The fourth-order valence-corrected chi connectivity index (χ4v) is 3.34. The van der Waals surface area contributed by atoms with Crippen molar-refractivity contribution in [3.8, 4) is 5.75 Å². The molecule has 0 radical (unpaired) electrons. The van der Waals surface area contributed by atoms with Crippen molar-refractivity contribution in [1.82, 2.24) is 10.6 Å². The normalized spacial score (nSPS) is 15.4. The van der Waals surface area contributed by atoms with Gasteiger partial charge in [0.05, 0.1) is 31.0 Å². The molecule has 0 saturated carbocycles. The van der Waals surface area contributed by atoms with Crippen LogP contribution in [-0.4, -0.2) is 38.3 Å². The average molecular weight is 438 g/mol. The first-order chi connectivity index (χ1) is 15.5. The summed E-state index contributed by atoms with van der Waals surface area (Å²) in [5.41, 5.74) is 2.07. The first-order valence-corrected chi connectivity index (χ1v) is 10.3. The maximum absolute atomic E-state index is 12.7. The van der Waals surface area contributed by atoms with Gasteiger partial charge < -0.3 is 24.8 Å². The lowest BCUT2D eigenvalue weighted by Gasteiger charge is -2.29. The molecule has 8 heteroatoms. The number of amides is 2. The molecule has 2 amide bonds. The summed E-state index contributed by atoms with van der Waals surface area (Å²) in [4.78, 5) is 37.3. The largest absolute Gasteiger partial charge is 0.497 e. The highest BCUT2D eigenvalue weighted by atomic mass is 16.5. The molecule has 0 saturated heterocycles. The van der Waals surface area contributed by atoms with Crippen LogP contribution in [0.3, 0.4) is 0 Å². The van der Waals surface area contributed by atoms with E-state index in [4.69, 9.17) is 14.2 Å². The summed E-state index contributed by atoms with van der Waals surface area (Å²) in [7, 11) is 1.55. The van der Waals surface area contributed by atoms with E-state index in [9.17, 15) is 14.4 Å². The lowest BCUT2D eigenvalue weighted by atomic mass is 9.95. The molecule has 1 aliphatic heterocycles. The summed E-state index contributed by atoms with van der Waals surface area (Å²) in [5.74, 6) is -0.391. The van der Waals surface area contributed by atoms with Crippen LogP contribution < -0.4 is 15.4 Å². The van der Waals surface area contributed by atoms with E-state index < -0.39 is 24.0 Å². The first kappa shape index (κ1) is 22.9. The van der Waals surface area contributed by atoms with Crippen molar-refractivity contribution in [2.24, 2.45) is 0 Å². The third-order valence-electron chi connectivity index (χ3n) is 4.94. The molecule has 8 nitrogen and oxygen atoms in total. The van der Waals surface area contributed by atoms with Gasteiger partial charge in [-0.2, -0.15) is 0 Å². The Labute approximate surface area is 186 Å². The van der Waals surface area contributed by atoms with Crippen LogP contribution in [0.4, 0.5) is 4.79 Å². The molecule has 2 aromatic rings. The van der Waals surface area contributed by atoms with Crippen molar-refractivity contribution in [1.29, 1.82) is 0 Å². The van der Waals surface area contributed by atoms with E-state index in [1.165, 1.54) is 0 Å². The molecular formula is C24H26N2O6. The molecule has 168 valence electrons. The van der Waals surface area contributed by atoms with Gasteiger partial charge in [0.25, 0.3) is 0 Å². The second-order valence-corrected chi connectivity index (χ2v) is 7.06. The predicted octanol–water partition coefficient (Wildman–Crippen LogP) is 3.04. The number of ether oxygens (including phenoxy) is 3. The first-order valence-electron chi connectivity index (χ1n) is 10.3. The fraction of sp³-hybridized carbons (Fsp3) is 0.292. The summed E-state index contributed by atoms with van der Waals surface area (Å²) < 4.78 is 15.7. The van der Waals surface area contributed by atoms with Crippen LogP contribution in [0.15, 0.2) is 65.9 Å². The highest BCUT2D eigenvalue weighted by molar-refractivity contribution is 5.95. The molecular weight excluding hydrogens is 412 g/mol. The molecule has 3 rings (SSSR count). The molecule has 2 N–H and O–H groups in total. The van der Waals surface area contributed by atoms with Gasteiger partial charge in [-0.1, -0.05) is 42.5 Å². The fourth-order valence-electron chi connectivity index (χ4n) is 3.34. The Kier molecular flexibility index (Phi) is 7.85. The Morgan fingerprint density at radius 2 is 1.72 bits per heavy atom. The summed E-state index contributed by atoms with van der Waals surface area (Å²) in [6.45, 7) is 1.61. The third kappa shape index (κ3) is 5.87. The van der Waals surface area contributed by atoms with Gasteiger partial charge in [-0.15, -0.1) is 0 Å². The van der Waals surface area contributed by atoms with Gasteiger partial charge in [0.2, 0.25) is 0 Å². The summed E-state index contributed by atoms with van der Waals surface area (Å²) in [6, 6.07) is 15.3. The minimum atomic E-state index is -0.758. The van der Waals surface area contributed by atoms with Crippen LogP contribution in [0.1, 0.15) is 30.5 Å². The summed E-state index contributed by atoms with van der Waals surface area (Å²) in [6.07, 6.45) is 0.714. The molecule has 0 spiro atoms. The van der Waals surface area contributed by atoms with Crippen LogP contribution in [-0.2, 0) is 25.5 Å². The number of carbonyl (C=O) groups is 3. The minimum Gasteiger partial charge on any atom is -0.497 e. The second kappa shape index (κ2) is 11.0. The van der Waals surface area contributed by atoms with Gasteiger partial charge in [-0.05, 0) is 36.6 Å². The van der Waals surface area contributed by atoms with Crippen molar-refractivity contribution in [3.05, 3.63) is 77.0 Å². The predicted molar refractivity (Wildman–Crippen MR) is 117 cm³/mol. The zero-order valence-electron chi connectivity index (χ0n) is 18.1. The SMILES string of the molecule is CCOC(=O)C1=C(COC(=O)CCc2ccccc2)NC(=O)NC1c1ccc(OC)cc1. The second-order valence-electron chi connectivity index (χ2n) is 7.06. The van der Waals surface area contributed by atoms with Crippen molar-refractivity contribution >= 4 is 18.0 Å². The van der Waals surface area contributed by atoms with E-state index in [2.05, 4.69) is 10.6 Å². The Bertz CT molecular complexity index is 985. The number of hydrogen-bond donors (Lipinski definition) is 2. The maximum Gasteiger partial charge on any atom is 0.338 e. The Morgan fingerprint density at radius 3 is 2.38 bits per heavy atom. The van der Waals surface area contributed by atoms with Gasteiger partial charge in [-0.25, -0.2) is 9.59 Å². The van der Waals surface area contributed by atoms with Gasteiger partial charge in [0.1, 0.15) is 12.4 Å². The number of urea groups is 1. The van der Waals surface area contributed by atoms with Gasteiger partial charge in [0, 0.05) is 6.42 Å². The van der Waals surface area contributed by atoms with E-state index in [0.29, 0.717) is 17.7 Å². The number of rotatable bonds is 9. The topological polar surface area (TPSA) is 103 Å². The van der Waals surface area contributed by atoms with E-state index in [0.717, 1.165) is 5.56 Å². The summed E-state index contributed by atoms with van der Waals surface area (Å²) in [5, 5.41) is 5.32. The summed E-state index contributed by atoms with van der Waals surface area (Å²) >= 11 is 0. The van der Waals surface area contributed by atoms with Crippen LogP contribution in [0.25, 0.3) is 0 Å². The lowest BCUT2D eigenvalue weighted by Crippen LogP contribution is -2.47. The molecule has 0 aromatic heterocycles. The van der Waals surface area contributed by atoms with Gasteiger partial charge in [-0.3, -0.25) is 4.79 Å². The van der Waals surface area contributed by atoms with E-state index in [-0.39, 0.29) is 30.9 Å². The number of hydrogen-bond acceptors (Lipinski definition) is 6. The lowest BCUT2D eigenvalue weighted by molar-refractivity contribution is -0.143. The molecule has 0 fully saturated rings. The van der Waals surface area contributed by atoms with Gasteiger partial charge >= 0.3 is 18.0 Å². The van der Waals surface area contributed by atoms with Crippen molar-refractivity contribution in [2.75, 3.05) is 20.3 Å². The Balaban J connectivity index is 1.78. The molecule has 1 atom stereocenters. The van der Waals surface area contributed by atoms with Crippen molar-refractivity contribution in [3.63, 3.8) is 0 Å². The zero-order chi connectivity index (χ0) is 22.9. The molecule has 2 aromatic carbocycles. The molecule has 32 heavy (non-hydrogen) atoms. The number of methoxy groups -OCH3 is 1. The third-order valence-corrected chi connectivity index (χ3v) is 4.94.